The van der Waals surface area contributed by atoms with Gasteiger partial charge in [0.1, 0.15) is 5.82 Å². The number of hydrogen-bond donors (Lipinski definition) is 0. The van der Waals surface area contributed by atoms with Gasteiger partial charge in [-0.3, -0.25) is 9.48 Å². The minimum atomic E-state index is -0.552. The van der Waals surface area contributed by atoms with Gasteiger partial charge in [-0.2, -0.15) is 5.10 Å². The Morgan fingerprint density at radius 3 is 2.59 bits per heavy atom. The van der Waals surface area contributed by atoms with Crippen LogP contribution in [0.1, 0.15) is 15.9 Å². The molecule has 3 aromatic rings. The van der Waals surface area contributed by atoms with Gasteiger partial charge in [0.05, 0.1) is 11.3 Å². The van der Waals surface area contributed by atoms with Crippen LogP contribution in [0.3, 0.4) is 0 Å². The summed E-state index contributed by atoms with van der Waals surface area (Å²) in [6, 6.07) is 12.7. The molecule has 3 rings (SSSR count). The molecule has 0 unspecified atom stereocenters. The number of aryl methyl sites for hydroxylation is 1. The first kappa shape index (κ1) is 14.5. The largest absolute Gasteiger partial charge is 0.288 e. The number of ketones is 1. The van der Waals surface area contributed by atoms with Gasteiger partial charge in [-0.15, -0.1) is 0 Å². The second kappa shape index (κ2) is 5.73. The summed E-state index contributed by atoms with van der Waals surface area (Å²) in [5.74, 6) is -0.958. The molecule has 0 atom stereocenters. The number of halogens is 2. The molecule has 0 radical (unpaired) electrons. The molecule has 5 heteroatoms. The van der Waals surface area contributed by atoms with Crippen LogP contribution in [0.4, 0.5) is 4.39 Å². The number of nitrogens with zero attached hydrogens (tertiary/aromatic N) is 2. The molecule has 22 heavy (non-hydrogen) atoms. The molecule has 3 nitrogen and oxygen atoms in total. The Kier molecular flexibility index (Phi) is 3.77. The summed E-state index contributed by atoms with van der Waals surface area (Å²) in [6.45, 7) is 0. The molecule has 0 spiro atoms. The first-order valence-electron chi connectivity index (χ1n) is 6.65. The van der Waals surface area contributed by atoms with Crippen molar-refractivity contribution in [1.29, 1.82) is 0 Å². The Morgan fingerprint density at radius 1 is 1.14 bits per heavy atom. The van der Waals surface area contributed by atoms with Crippen LogP contribution in [-0.2, 0) is 7.05 Å². The van der Waals surface area contributed by atoms with Gasteiger partial charge in [-0.1, -0.05) is 29.8 Å². The van der Waals surface area contributed by atoms with E-state index in [0.717, 1.165) is 5.69 Å². The van der Waals surface area contributed by atoms with Gasteiger partial charge in [0.15, 0.2) is 5.78 Å². The minimum Gasteiger partial charge on any atom is -0.288 e. The van der Waals surface area contributed by atoms with Crippen LogP contribution < -0.4 is 0 Å². The van der Waals surface area contributed by atoms with E-state index >= 15 is 0 Å². The zero-order valence-corrected chi connectivity index (χ0v) is 12.5. The van der Waals surface area contributed by atoms with Crippen molar-refractivity contribution in [3.8, 4) is 11.3 Å². The lowest BCUT2D eigenvalue weighted by molar-refractivity contribution is 0.103. The van der Waals surface area contributed by atoms with Gasteiger partial charge in [0.25, 0.3) is 0 Å². The predicted octanol–water partition coefficient (Wildman–Crippen LogP) is 4.11. The average molecular weight is 315 g/mol. The summed E-state index contributed by atoms with van der Waals surface area (Å²) in [5.41, 5.74) is 1.79. The maximum absolute atomic E-state index is 13.9. The number of benzene rings is 2. The topological polar surface area (TPSA) is 34.9 Å². The second-order valence-corrected chi connectivity index (χ2v) is 5.28. The van der Waals surface area contributed by atoms with E-state index in [1.54, 1.807) is 54.3 Å². The van der Waals surface area contributed by atoms with Crippen LogP contribution in [0, 0.1) is 5.82 Å². The maximum atomic E-state index is 13.9. The van der Waals surface area contributed by atoms with E-state index in [9.17, 15) is 9.18 Å². The zero-order chi connectivity index (χ0) is 15.7. The molecule has 0 aliphatic carbocycles. The molecule has 1 heterocycles. The highest BCUT2D eigenvalue weighted by Crippen LogP contribution is 2.28. The molecule has 0 saturated heterocycles. The lowest BCUT2D eigenvalue weighted by Crippen LogP contribution is -2.07. The highest BCUT2D eigenvalue weighted by molar-refractivity contribution is 6.31. The molecular formula is C17H12ClFN2O. The van der Waals surface area contributed by atoms with Gasteiger partial charge < -0.3 is 0 Å². The predicted molar refractivity (Wildman–Crippen MR) is 83.5 cm³/mol. The smallest absolute Gasteiger partial charge is 0.196 e. The van der Waals surface area contributed by atoms with Crippen molar-refractivity contribution in [2.45, 2.75) is 0 Å². The fourth-order valence-electron chi connectivity index (χ4n) is 2.36. The van der Waals surface area contributed by atoms with E-state index in [-0.39, 0.29) is 5.56 Å². The zero-order valence-electron chi connectivity index (χ0n) is 11.8. The Labute approximate surface area is 132 Å². The quantitative estimate of drug-likeness (QED) is 0.682. The summed E-state index contributed by atoms with van der Waals surface area (Å²) >= 11 is 6.02. The Bertz CT molecular complexity index is 857. The van der Waals surface area contributed by atoms with E-state index in [0.29, 0.717) is 16.1 Å². The van der Waals surface area contributed by atoms with Crippen LogP contribution in [0.5, 0.6) is 0 Å². The fourth-order valence-corrected chi connectivity index (χ4v) is 2.53. The fraction of sp³-hybridized carbons (Fsp3) is 0.0588. The van der Waals surface area contributed by atoms with E-state index < -0.39 is 11.6 Å². The number of carbonyl (C=O) groups excluding carboxylic acids is 1. The molecule has 110 valence electrons. The lowest BCUT2D eigenvalue weighted by Gasteiger charge is -2.10. The third-order valence-electron chi connectivity index (χ3n) is 3.44. The molecule has 2 aromatic carbocycles. The van der Waals surface area contributed by atoms with Gasteiger partial charge in [0.2, 0.25) is 0 Å². The second-order valence-electron chi connectivity index (χ2n) is 4.84. The molecule has 0 N–H and O–H groups in total. The highest BCUT2D eigenvalue weighted by Gasteiger charge is 2.19. The summed E-state index contributed by atoms with van der Waals surface area (Å²) in [6.07, 6.45) is 1.64. The van der Waals surface area contributed by atoms with Crippen molar-refractivity contribution in [3.63, 3.8) is 0 Å². The summed E-state index contributed by atoms with van der Waals surface area (Å²) < 4.78 is 15.6. The van der Waals surface area contributed by atoms with Crippen LogP contribution in [0.15, 0.2) is 54.7 Å². The summed E-state index contributed by atoms with van der Waals surface area (Å²) in [5, 5.41) is 4.53. The van der Waals surface area contributed by atoms with Gasteiger partial charge in [0, 0.05) is 29.4 Å². The van der Waals surface area contributed by atoms with E-state index in [1.807, 2.05) is 0 Å². The van der Waals surface area contributed by atoms with Crippen molar-refractivity contribution in [2.75, 3.05) is 0 Å². The lowest BCUT2D eigenvalue weighted by atomic mass is 9.96. The Balaban J connectivity index is 2.19. The third-order valence-corrected chi connectivity index (χ3v) is 3.68. The van der Waals surface area contributed by atoms with Crippen LogP contribution in [0.2, 0.25) is 5.02 Å². The van der Waals surface area contributed by atoms with Crippen LogP contribution in [-0.4, -0.2) is 15.6 Å². The molecule has 0 fully saturated rings. The van der Waals surface area contributed by atoms with Gasteiger partial charge in [-0.05, 0) is 30.3 Å². The number of rotatable bonds is 3. The monoisotopic (exact) mass is 314 g/mol. The Hall–Kier alpha value is -2.46. The van der Waals surface area contributed by atoms with Crippen LogP contribution in [0.25, 0.3) is 11.3 Å². The summed E-state index contributed by atoms with van der Waals surface area (Å²) in [4.78, 5) is 12.7. The minimum absolute atomic E-state index is 0.0215. The van der Waals surface area contributed by atoms with Gasteiger partial charge in [-0.25, -0.2) is 4.39 Å². The molecule has 0 bridgehead atoms. The van der Waals surface area contributed by atoms with Crippen molar-refractivity contribution in [2.24, 2.45) is 7.05 Å². The molecule has 0 aliphatic rings. The molecule has 0 amide bonds. The maximum Gasteiger partial charge on any atom is 0.196 e. The first-order valence-corrected chi connectivity index (χ1v) is 7.03. The normalized spacial score (nSPS) is 10.7. The molecule has 0 aliphatic heterocycles. The van der Waals surface area contributed by atoms with Crippen LogP contribution >= 0.6 is 11.6 Å². The van der Waals surface area contributed by atoms with Crippen molar-refractivity contribution in [1.82, 2.24) is 9.78 Å². The van der Waals surface area contributed by atoms with E-state index in [1.165, 1.54) is 12.1 Å². The molecular weight excluding hydrogens is 303 g/mol. The number of aromatic nitrogens is 2. The van der Waals surface area contributed by atoms with Crippen molar-refractivity contribution >= 4 is 17.4 Å². The van der Waals surface area contributed by atoms with Crippen molar-refractivity contribution < 1.29 is 9.18 Å². The standard InChI is InChI=1S/C17H12ClFN2O/c1-21-16(8-9-20-21)12-7-6-11(18)10-14(12)17(22)13-4-2-3-5-15(13)19/h2-10H,1H3. The number of hydrogen-bond acceptors (Lipinski definition) is 2. The molecule has 1 aromatic heterocycles. The number of carbonyl (C=O) groups is 1. The van der Waals surface area contributed by atoms with E-state index in [2.05, 4.69) is 5.10 Å². The van der Waals surface area contributed by atoms with E-state index in [4.69, 9.17) is 11.6 Å². The van der Waals surface area contributed by atoms with Gasteiger partial charge >= 0.3 is 0 Å². The average Bonchev–Trinajstić information content (AvgIpc) is 2.93. The highest BCUT2D eigenvalue weighted by atomic mass is 35.5. The first-order chi connectivity index (χ1) is 10.6. The third kappa shape index (κ3) is 2.53. The Morgan fingerprint density at radius 2 is 1.91 bits per heavy atom. The summed E-state index contributed by atoms with van der Waals surface area (Å²) in [7, 11) is 1.78. The molecule has 0 saturated carbocycles. The van der Waals surface area contributed by atoms with Crippen molar-refractivity contribution in [3.05, 3.63) is 76.7 Å². The SMILES string of the molecule is Cn1nccc1-c1ccc(Cl)cc1C(=O)c1ccccc1F.